The molecule has 0 saturated heterocycles. The number of H-pyrrole nitrogens is 1. The number of imidazole rings is 1. The second-order valence-corrected chi connectivity index (χ2v) is 6.51. The predicted molar refractivity (Wildman–Crippen MR) is 102 cm³/mol. The standard InChI is InChI=1S/C20H14Cl2N2O/c21-15-8-5-13(6-9-15)12-25-19-10-7-14(11-16(19)22)20-23-17-3-1-2-4-18(17)24-20/h1-11H,12H2,(H,23,24). The number of hydrogen-bond acceptors (Lipinski definition) is 2. The molecule has 124 valence electrons. The highest BCUT2D eigenvalue weighted by Crippen LogP contribution is 2.30. The van der Waals surface area contributed by atoms with Gasteiger partial charge in [0.15, 0.2) is 0 Å². The summed E-state index contributed by atoms with van der Waals surface area (Å²) in [6.07, 6.45) is 0. The zero-order valence-corrected chi connectivity index (χ0v) is 14.7. The monoisotopic (exact) mass is 368 g/mol. The highest BCUT2D eigenvalue weighted by Gasteiger charge is 2.09. The van der Waals surface area contributed by atoms with Crippen molar-refractivity contribution < 1.29 is 4.74 Å². The van der Waals surface area contributed by atoms with Crippen molar-refractivity contribution in [2.75, 3.05) is 0 Å². The van der Waals surface area contributed by atoms with Crippen LogP contribution in [0.5, 0.6) is 5.75 Å². The lowest BCUT2D eigenvalue weighted by molar-refractivity contribution is 0.306. The van der Waals surface area contributed by atoms with Crippen molar-refractivity contribution in [1.29, 1.82) is 0 Å². The summed E-state index contributed by atoms with van der Waals surface area (Å²) in [5, 5.41) is 1.25. The maximum atomic E-state index is 6.38. The summed E-state index contributed by atoms with van der Waals surface area (Å²) in [6.45, 7) is 0.431. The molecule has 3 nitrogen and oxygen atoms in total. The second kappa shape index (κ2) is 6.79. The predicted octanol–water partition coefficient (Wildman–Crippen LogP) is 6.12. The Hall–Kier alpha value is -2.49. The Bertz CT molecular complexity index is 992. The number of aromatic amines is 1. The molecule has 4 rings (SSSR count). The molecule has 0 amide bonds. The smallest absolute Gasteiger partial charge is 0.138 e. The third kappa shape index (κ3) is 3.48. The highest BCUT2D eigenvalue weighted by atomic mass is 35.5. The molecule has 25 heavy (non-hydrogen) atoms. The molecule has 0 unspecified atom stereocenters. The van der Waals surface area contributed by atoms with E-state index in [2.05, 4.69) is 9.97 Å². The van der Waals surface area contributed by atoms with Gasteiger partial charge in [-0.2, -0.15) is 0 Å². The summed E-state index contributed by atoms with van der Waals surface area (Å²) in [5.41, 5.74) is 3.87. The number of halogens is 2. The average Bonchev–Trinajstić information content (AvgIpc) is 3.06. The van der Waals surface area contributed by atoms with E-state index >= 15 is 0 Å². The third-order valence-electron chi connectivity index (χ3n) is 3.90. The summed E-state index contributed by atoms with van der Waals surface area (Å²) >= 11 is 12.3. The van der Waals surface area contributed by atoms with Crippen LogP contribution in [0.2, 0.25) is 10.0 Å². The third-order valence-corrected chi connectivity index (χ3v) is 4.45. The fourth-order valence-corrected chi connectivity index (χ4v) is 2.96. The highest BCUT2D eigenvalue weighted by molar-refractivity contribution is 6.32. The molecule has 0 atom stereocenters. The van der Waals surface area contributed by atoms with Gasteiger partial charge in [0.25, 0.3) is 0 Å². The first-order valence-electron chi connectivity index (χ1n) is 7.81. The van der Waals surface area contributed by atoms with Crippen molar-refractivity contribution in [3.8, 4) is 17.1 Å². The van der Waals surface area contributed by atoms with Gasteiger partial charge in [-0.15, -0.1) is 0 Å². The van der Waals surface area contributed by atoms with Crippen LogP contribution in [0.25, 0.3) is 22.4 Å². The van der Waals surface area contributed by atoms with Gasteiger partial charge in [-0.25, -0.2) is 4.98 Å². The van der Waals surface area contributed by atoms with Gasteiger partial charge < -0.3 is 9.72 Å². The van der Waals surface area contributed by atoms with Gasteiger partial charge >= 0.3 is 0 Å². The van der Waals surface area contributed by atoms with Crippen molar-refractivity contribution in [2.24, 2.45) is 0 Å². The Balaban J connectivity index is 1.54. The summed E-state index contributed by atoms with van der Waals surface area (Å²) in [7, 11) is 0. The molecule has 1 heterocycles. The number of fused-ring (bicyclic) bond motifs is 1. The molecule has 3 aromatic carbocycles. The molecule has 4 aromatic rings. The quantitative estimate of drug-likeness (QED) is 0.471. The molecule has 0 spiro atoms. The largest absolute Gasteiger partial charge is 0.487 e. The number of nitrogens with one attached hydrogen (secondary N) is 1. The molecular formula is C20H14Cl2N2O. The molecule has 0 fully saturated rings. The van der Waals surface area contributed by atoms with Gasteiger partial charge in [0.1, 0.15) is 18.2 Å². The molecule has 0 aliphatic rings. The fourth-order valence-electron chi connectivity index (χ4n) is 2.60. The number of nitrogens with zero attached hydrogens (tertiary/aromatic N) is 1. The van der Waals surface area contributed by atoms with Crippen LogP contribution in [0, 0.1) is 0 Å². The van der Waals surface area contributed by atoms with E-state index in [0.717, 1.165) is 28.0 Å². The summed E-state index contributed by atoms with van der Waals surface area (Å²) < 4.78 is 5.81. The molecule has 0 bridgehead atoms. The van der Waals surface area contributed by atoms with E-state index in [1.54, 1.807) is 0 Å². The normalized spacial score (nSPS) is 11.0. The van der Waals surface area contributed by atoms with Crippen LogP contribution in [-0.2, 0) is 6.61 Å². The molecule has 0 radical (unpaired) electrons. The van der Waals surface area contributed by atoms with Gasteiger partial charge in [-0.1, -0.05) is 47.5 Å². The maximum Gasteiger partial charge on any atom is 0.138 e. The van der Waals surface area contributed by atoms with E-state index in [0.29, 0.717) is 22.4 Å². The van der Waals surface area contributed by atoms with Gasteiger partial charge in [-0.05, 0) is 48.0 Å². The van der Waals surface area contributed by atoms with Crippen molar-refractivity contribution >= 4 is 34.2 Å². The lowest BCUT2D eigenvalue weighted by Gasteiger charge is -2.09. The summed E-state index contributed by atoms with van der Waals surface area (Å²) in [4.78, 5) is 7.89. The Kier molecular flexibility index (Phi) is 4.35. The van der Waals surface area contributed by atoms with E-state index in [1.165, 1.54) is 0 Å². The number of para-hydroxylation sites is 2. The van der Waals surface area contributed by atoms with Crippen molar-refractivity contribution in [3.05, 3.63) is 82.3 Å². The first-order valence-corrected chi connectivity index (χ1v) is 8.56. The lowest BCUT2D eigenvalue weighted by atomic mass is 10.2. The van der Waals surface area contributed by atoms with E-state index in [1.807, 2.05) is 66.7 Å². The zero-order chi connectivity index (χ0) is 17.2. The van der Waals surface area contributed by atoms with E-state index in [9.17, 15) is 0 Å². The van der Waals surface area contributed by atoms with Crippen LogP contribution in [0.1, 0.15) is 5.56 Å². The van der Waals surface area contributed by atoms with Crippen molar-refractivity contribution in [1.82, 2.24) is 9.97 Å². The molecule has 0 aliphatic heterocycles. The van der Waals surface area contributed by atoms with Crippen molar-refractivity contribution in [3.63, 3.8) is 0 Å². The van der Waals surface area contributed by atoms with Gasteiger partial charge in [-0.3, -0.25) is 0 Å². The number of hydrogen-bond donors (Lipinski definition) is 1. The minimum atomic E-state index is 0.431. The van der Waals surface area contributed by atoms with E-state index in [4.69, 9.17) is 27.9 Å². The van der Waals surface area contributed by atoms with Crippen LogP contribution in [0.15, 0.2) is 66.7 Å². The Morgan fingerprint density at radius 2 is 1.72 bits per heavy atom. The molecule has 0 aliphatic carbocycles. The molecule has 0 saturated carbocycles. The Morgan fingerprint density at radius 1 is 0.920 bits per heavy atom. The Labute approximate surface area is 155 Å². The number of rotatable bonds is 4. The summed E-state index contributed by atoms with van der Waals surface area (Å²) in [5.74, 6) is 1.42. The van der Waals surface area contributed by atoms with Gasteiger partial charge in [0.05, 0.1) is 16.1 Å². The van der Waals surface area contributed by atoms with Crippen LogP contribution in [0.4, 0.5) is 0 Å². The van der Waals surface area contributed by atoms with Gasteiger partial charge in [0, 0.05) is 10.6 Å². The lowest BCUT2D eigenvalue weighted by Crippen LogP contribution is -1.96. The summed E-state index contributed by atoms with van der Waals surface area (Å²) in [6, 6.07) is 21.1. The average molecular weight is 369 g/mol. The minimum absolute atomic E-state index is 0.431. The number of ether oxygens (including phenoxy) is 1. The van der Waals surface area contributed by atoms with Crippen LogP contribution < -0.4 is 4.74 Å². The molecular weight excluding hydrogens is 355 g/mol. The van der Waals surface area contributed by atoms with Crippen LogP contribution >= 0.6 is 23.2 Å². The molecule has 1 N–H and O–H groups in total. The van der Waals surface area contributed by atoms with Crippen LogP contribution in [0.3, 0.4) is 0 Å². The Morgan fingerprint density at radius 3 is 2.48 bits per heavy atom. The van der Waals surface area contributed by atoms with Crippen molar-refractivity contribution in [2.45, 2.75) is 6.61 Å². The maximum absolute atomic E-state index is 6.38. The topological polar surface area (TPSA) is 37.9 Å². The van der Waals surface area contributed by atoms with Gasteiger partial charge in [0.2, 0.25) is 0 Å². The number of benzene rings is 3. The first-order chi connectivity index (χ1) is 12.2. The first kappa shape index (κ1) is 16.0. The fraction of sp³-hybridized carbons (Fsp3) is 0.0500. The molecule has 1 aromatic heterocycles. The van der Waals surface area contributed by atoms with E-state index in [-0.39, 0.29) is 0 Å². The van der Waals surface area contributed by atoms with E-state index < -0.39 is 0 Å². The van der Waals surface area contributed by atoms with Crippen LogP contribution in [-0.4, -0.2) is 9.97 Å². The second-order valence-electron chi connectivity index (χ2n) is 5.66. The zero-order valence-electron chi connectivity index (χ0n) is 13.2. The number of aromatic nitrogens is 2. The SMILES string of the molecule is Clc1ccc(COc2ccc(-c3nc4ccccc4[nH]3)cc2Cl)cc1. The molecule has 5 heteroatoms. The minimum Gasteiger partial charge on any atom is -0.487 e.